The first-order valence-electron chi connectivity index (χ1n) is 9.60. The molecule has 2 heterocycles. The molecule has 1 aliphatic heterocycles. The molecule has 0 aliphatic carbocycles. The Hall–Kier alpha value is -2.80. The second kappa shape index (κ2) is 7.22. The molecule has 0 amide bonds. The zero-order chi connectivity index (χ0) is 20.8. The Labute approximate surface area is 170 Å². The third kappa shape index (κ3) is 3.87. The van der Waals surface area contributed by atoms with Crippen LogP contribution in [0.4, 0.5) is 11.4 Å². The maximum atomic E-state index is 12.2. The van der Waals surface area contributed by atoms with E-state index in [4.69, 9.17) is 4.42 Å². The third-order valence-electron chi connectivity index (χ3n) is 5.52. The molecule has 0 fully saturated rings. The Bertz CT molecular complexity index is 1260. The fourth-order valence-corrected chi connectivity index (χ4v) is 4.61. The van der Waals surface area contributed by atoms with Crippen molar-refractivity contribution in [3.05, 3.63) is 69.1 Å². The van der Waals surface area contributed by atoms with Gasteiger partial charge < -0.3 is 9.32 Å². The van der Waals surface area contributed by atoms with E-state index >= 15 is 0 Å². The van der Waals surface area contributed by atoms with Crippen molar-refractivity contribution < 1.29 is 12.8 Å². The van der Waals surface area contributed by atoms with Crippen LogP contribution in [0.25, 0.3) is 11.0 Å². The molecule has 1 N–H and O–H groups in total. The normalized spacial score (nSPS) is 14.1. The molecule has 3 aromatic rings. The van der Waals surface area contributed by atoms with E-state index in [0.29, 0.717) is 17.8 Å². The van der Waals surface area contributed by atoms with Crippen molar-refractivity contribution >= 4 is 32.4 Å². The van der Waals surface area contributed by atoms with Gasteiger partial charge in [0.15, 0.2) is 0 Å². The number of rotatable bonds is 4. The molecule has 7 heteroatoms. The highest BCUT2D eigenvalue weighted by Gasteiger charge is 2.22. The molecule has 29 heavy (non-hydrogen) atoms. The Morgan fingerprint density at radius 3 is 2.72 bits per heavy atom. The number of fused-ring (bicyclic) bond motifs is 2. The second-order valence-corrected chi connectivity index (χ2v) is 9.43. The summed E-state index contributed by atoms with van der Waals surface area (Å²) in [6.07, 6.45) is 2.88. The highest BCUT2D eigenvalue weighted by Crippen LogP contribution is 2.35. The molecular weight excluding hydrogens is 388 g/mol. The van der Waals surface area contributed by atoms with Crippen LogP contribution in [0.15, 0.2) is 45.6 Å². The van der Waals surface area contributed by atoms with E-state index in [2.05, 4.69) is 9.62 Å². The van der Waals surface area contributed by atoms with Gasteiger partial charge >= 0.3 is 5.63 Å². The highest BCUT2D eigenvalue weighted by atomic mass is 32.2. The summed E-state index contributed by atoms with van der Waals surface area (Å²) in [4.78, 5) is 14.4. The average Bonchev–Trinajstić information content (AvgIpc) is 2.64. The molecule has 1 aromatic heterocycles. The quantitative estimate of drug-likeness (QED) is 0.661. The molecule has 1 aliphatic rings. The number of aryl methyl sites for hydroxylation is 2. The van der Waals surface area contributed by atoms with Crippen molar-refractivity contribution in [1.29, 1.82) is 0 Å². The van der Waals surface area contributed by atoms with E-state index in [0.717, 1.165) is 59.0 Å². The number of nitrogens with zero attached hydrogens (tertiary/aromatic N) is 1. The molecule has 6 nitrogen and oxygen atoms in total. The predicted molar refractivity (Wildman–Crippen MR) is 116 cm³/mol. The Balaban J connectivity index is 1.77. The van der Waals surface area contributed by atoms with E-state index < -0.39 is 10.0 Å². The van der Waals surface area contributed by atoms with Gasteiger partial charge in [-0.25, -0.2) is 13.2 Å². The van der Waals surface area contributed by atoms with Gasteiger partial charge in [0.1, 0.15) is 5.58 Å². The lowest BCUT2D eigenvalue weighted by atomic mass is 9.98. The van der Waals surface area contributed by atoms with Crippen LogP contribution in [0.2, 0.25) is 0 Å². The number of hydrogen-bond donors (Lipinski definition) is 1. The first-order valence-corrected chi connectivity index (χ1v) is 11.5. The van der Waals surface area contributed by atoms with Crippen LogP contribution in [0.1, 0.15) is 28.7 Å². The number of hydrogen-bond acceptors (Lipinski definition) is 5. The molecule has 0 atom stereocenters. The molecule has 152 valence electrons. The Kier molecular flexibility index (Phi) is 4.86. The van der Waals surface area contributed by atoms with E-state index in [1.165, 1.54) is 0 Å². The Morgan fingerprint density at radius 2 is 1.97 bits per heavy atom. The molecule has 2 aromatic carbocycles. The van der Waals surface area contributed by atoms with Crippen LogP contribution >= 0.6 is 0 Å². The highest BCUT2D eigenvalue weighted by molar-refractivity contribution is 7.92. The van der Waals surface area contributed by atoms with Gasteiger partial charge in [-0.2, -0.15) is 0 Å². The van der Waals surface area contributed by atoms with Crippen molar-refractivity contribution in [2.45, 2.75) is 33.2 Å². The maximum absolute atomic E-state index is 12.2. The summed E-state index contributed by atoms with van der Waals surface area (Å²) >= 11 is 0. The Morgan fingerprint density at radius 1 is 1.17 bits per heavy atom. The maximum Gasteiger partial charge on any atom is 0.336 e. The molecule has 0 unspecified atom stereocenters. The van der Waals surface area contributed by atoms with Crippen LogP contribution < -0.4 is 15.2 Å². The first kappa shape index (κ1) is 19.5. The summed E-state index contributed by atoms with van der Waals surface area (Å²) in [6.45, 7) is 5.35. The van der Waals surface area contributed by atoms with Gasteiger partial charge in [-0.15, -0.1) is 0 Å². The molecule has 0 saturated carbocycles. The van der Waals surface area contributed by atoms with Gasteiger partial charge in [-0.05, 0) is 61.1 Å². The smallest absolute Gasteiger partial charge is 0.336 e. The van der Waals surface area contributed by atoms with Crippen molar-refractivity contribution in [1.82, 2.24) is 0 Å². The molecule has 0 radical (unpaired) electrons. The van der Waals surface area contributed by atoms with Crippen LogP contribution in [-0.2, 0) is 23.0 Å². The van der Waals surface area contributed by atoms with Gasteiger partial charge in [-0.1, -0.05) is 18.2 Å². The number of sulfonamides is 1. The van der Waals surface area contributed by atoms with Crippen molar-refractivity contribution in [3.8, 4) is 0 Å². The van der Waals surface area contributed by atoms with Gasteiger partial charge in [0, 0.05) is 30.2 Å². The van der Waals surface area contributed by atoms with Gasteiger partial charge in [0.05, 0.1) is 11.9 Å². The molecule has 0 spiro atoms. The number of nitrogens with one attached hydrogen (secondary N) is 1. The molecule has 0 saturated heterocycles. The minimum absolute atomic E-state index is 0.356. The minimum atomic E-state index is -3.35. The lowest BCUT2D eigenvalue weighted by Crippen LogP contribution is -2.30. The largest absolute Gasteiger partial charge is 0.422 e. The summed E-state index contributed by atoms with van der Waals surface area (Å²) in [7, 11) is -3.35. The zero-order valence-electron chi connectivity index (χ0n) is 16.8. The SMILES string of the molecule is Cc1ccc2c(CN3CCCc4c(NS(C)(=O)=O)cccc43)cc(=O)oc2c1C. The fraction of sp³-hybridized carbons (Fsp3) is 0.318. The van der Waals surface area contributed by atoms with Crippen LogP contribution in [-0.4, -0.2) is 21.2 Å². The van der Waals surface area contributed by atoms with Crippen molar-refractivity contribution in [2.75, 3.05) is 22.4 Å². The monoisotopic (exact) mass is 412 g/mol. The number of anilines is 2. The standard InChI is InChI=1S/C22H24N2O4S/c1-14-9-10-17-16(12-21(25)28-22(17)15(14)2)13-24-11-5-6-18-19(23-29(3,26)27)7-4-8-20(18)24/h4,7-10,12,23H,5-6,11,13H2,1-3H3. The summed E-state index contributed by atoms with van der Waals surface area (Å²) in [5.74, 6) is 0. The summed E-state index contributed by atoms with van der Waals surface area (Å²) in [5, 5.41) is 0.935. The summed E-state index contributed by atoms with van der Waals surface area (Å²) in [6, 6.07) is 11.3. The van der Waals surface area contributed by atoms with E-state index in [1.807, 2.05) is 38.1 Å². The lowest BCUT2D eigenvalue weighted by molar-refractivity contribution is 0.555. The van der Waals surface area contributed by atoms with Gasteiger partial charge in [-0.3, -0.25) is 4.72 Å². The van der Waals surface area contributed by atoms with Gasteiger partial charge in [0.25, 0.3) is 0 Å². The predicted octanol–water partition coefficient (Wildman–Crippen LogP) is 3.73. The van der Waals surface area contributed by atoms with Crippen LogP contribution in [0, 0.1) is 13.8 Å². The second-order valence-electron chi connectivity index (χ2n) is 7.68. The zero-order valence-corrected chi connectivity index (χ0v) is 17.6. The first-order chi connectivity index (χ1) is 13.7. The molecule has 4 rings (SSSR count). The summed E-state index contributed by atoms with van der Waals surface area (Å²) < 4.78 is 31.6. The van der Waals surface area contributed by atoms with Crippen LogP contribution in [0.5, 0.6) is 0 Å². The minimum Gasteiger partial charge on any atom is -0.422 e. The molecular formula is C22H24N2O4S. The fourth-order valence-electron chi connectivity index (χ4n) is 4.02. The summed E-state index contributed by atoms with van der Waals surface area (Å²) in [5.41, 5.74) is 5.85. The van der Waals surface area contributed by atoms with Crippen LogP contribution in [0.3, 0.4) is 0 Å². The molecule has 0 bridgehead atoms. The number of benzene rings is 2. The van der Waals surface area contributed by atoms with E-state index in [9.17, 15) is 13.2 Å². The van der Waals surface area contributed by atoms with E-state index in [-0.39, 0.29) is 5.63 Å². The van der Waals surface area contributed by atoms with Crippen molar-refractivity contribution in [2.24, 2.45) is 0 Å². The topological polar surface area (TPSA) is 79.6 Å². The average molecular weight is 413 g/mol. The lowest BCUT2D eigenvalue weighted by Gasteiger charge is -2.33. The van der Waals surface area contributed by atoms with Gasteiger partial charge in [0.2, 0.25) is 10.0 Å². The van der Waals surface area contributed by atoms with Crippen molar-refractivity contribution in [3.63, 3.8) is 0 Å². The van der Waals surface area contributed by atoms with E-state index in [1.54, 1.807) is 12.1 Å². The third-order valence-corrected chi connectivity index (χ3v) is 6.11.